The van der Waals surface area contributed by atoms with Gasteiger partial charge in [-0.1, -0.05) is 19.1 Å². The van der Waals surface area contributed by atoms with Crippen LogP contribution < -0.4 is 11.1 Å². The molecule has 0 aliphatic heterocycles. The Morgan fingerprint density at radius 2 is 2.00 bits per heavy atom. The SMILES string of the molecule is CCC(N)CC(=O)NC(C)CCc1ccc(O)cc1. The van der Waals surface area contributed by atoms with E-state index in [-0.39, 0.29) is 23.7 Å². The molecule has 1 aromatic rings. The van der Waals surface area contributed by atoms with Gasteiger partial charge in [0.05, 0.1) is 0 Å². The summed E-state index contributed by atoms with van der Waals surface area (Å²) in [6, 6.07) is 7.24. The number of aryl methyl sites for hydroxylation is 1. The molecule has 0 spiro atoms. The van der Waals surface area contributed by atoms with Crippen molar-refractivity contribution in [3.05, 3.63) is 29.8 Å². The maximum atomic E-state index is 11.7. The molecule has 0 heterocycles. The first-order valence-electron chi connectivity index (χ1n) is 6.84. The lowest BCUT2D eigenvalue weighted by molar-refractivity contribution is -0.122. The van der Waals surface area contributed by atoms with Crippen LogP contribution in [0.15, 0.2) is 24.3 Å². The van der Waals surface area contributed by atoms with Gasteiger partial charge in [-0.05, 0) is 43.9 Å². The van der Waals surface area contributed by atoms with Crippen molar-refractivity contribution in [1.82, 2.24) is 5.32 Å². The van der Waals surface area contributed by atoms with Gasteiger partial charge in [0.2, 0.25) is 5.91 Å². The van der Waals surface area contributed by atoms with Crippen LogP contribution in [0.25, 0.3) is 0 Å². The lowest BCUT2D eigenvalue weighted by Crippen LogP contribution is -2.36. The lowest BCUT2D eigenvalue weighted by Gasteiger charge is -2.15. The third kappa shape index (κ3) is 6.25. The van der Waals surface area contributed by atoms with E-state index in [2.05, 4.69) is 5.32 Å². The van der Waals surface area contributed by atoms with Crippen molar-refractivity contribution in [1.29, 1.82) is 0 Å². The van der Waals surface area contributed by atoms with Crippen molar-refractivity contribution in [3.8, 4) is 5.75 Å². The molecule has 1 amide bonds. The summed E-state index contributed by atoms with van der Waals surface area (Å²) in [5, 5.41) is 12.1. The second-order valence-electron chi connectivity index (χ2n) is 5.05. The zero-order chi connectivity index (χ0) is 14.3. The van der Waals surface area contributed by atoms with Crippen molar-refractivity contribution < 1.29 is 9.90 Å². The van der Waals surface area contributed by atoms with Crippen LogP contribution in [0.4, 0.5) is 0 Å². The molecule has 0 aliphatic rings. The number of benzene rings is 1. The molecular weight excluding hydrogens is 240 g/mol. The quantitative estimate of drug-likeness (QED) is 0.704. The van der Waals surface area contributed by atoms with Crippen LogP contribution in [-0.2, 0) is 11.2 Å². The number of amides is 1. The predicted octanol–water partition coefficient (Wildman–Crippen LogP) is 1.96. The normalized spacial score (nSPS) is 13.8. The highest BCUT2D eigenvalue weighted by atomic mass is 16.3. The molecule has 0 aliphatic carbocycles. The van der Waals surface area contributed by atoms with Gasteiger partial charge in [0, 0.05) is 18.5 Å². The van der Waals surface area contributed by atoms with Crippen LogP contribution in [0.1, 0.15) is 38.7 Å². The molecular formula is C15H24N2O2. The van der Waals surface area contributed by atoms with Crippen LogP contribution in [0.2, 0.25) is 0 Å². The summed E-state index contributed by atoms with van der Waals surface area (Å²) < 4.78 is 0. The summed E-state index contributed by atoms with van der Waals surface area (Å²) in [6.45, 7) is 3.97. The molecule has 0 aromatic heterocycles. The summed E-state index contributed by atoms with van der Waals surface area (Å²) in [7, 11) is 0. The standard InChI is InChI=1S/C15H24N2O2/c1-3-13(16)10-15(19)17-11(2)4-5-12-6-8-14(18)9-7-12/h6-9,11,13,18H,3-5,10,16H2,1-2H3,(H,17,19). The van der Waals surface area contributed by atoms with Gasteiger partial charge >= 0.3 is 0 Å². The van der Waals surface area contributed by atoms with Crippen LogP contribution in [-0.4, -0.2) is 23.1 Å². The molecule has 2 unspecified atom stereocenters. The number of nitrogens with two attached hydrogens (primary N) is 1. The van der Waals surface area contributed by atoms with E-state index in [0.717, 1.165) is 24.8 Å². The minimum absolute atomic E-state index is 0.0209. The summed E-state index contributed by atoms with van der Waals surface area (Å²) in [5.74, 6) is 0.297. The highest BCUT2D eigenvalue weighted by Gasteiger charge is 2.10. The molecule has 0 fully saturated rings. The number of aromatic hydroxyl groups is 1. The van der Waals surface area contributed by atoms with Crippen LogP contribution in [0, 0.1) is 0 Å². The highest BCUT2D eigenvalue weighted by molar-refractivity contribution is 5.76. The molecule has 19 heavy (non-hydrogen) atoms. The first kappa shape index (κ1) is 15.5. The second kappa shape index (κ2) is 7.79. The van der Waals surface area contributed by atoms with Crippen molar-refractivity contribution in [2.75, 3.05) is 0 Å². The summed E-state index contributed by atoms with van der Waals surface area (Å²) >= 11 is 0. The fourth-order valence-electron chi connectivity index (χ4n) is 1.83. The Morgan fingerprint density at radius 3 is 2.58 bits per heavy atom. The number of nitrogens with one attached hydrogen (secondary N) is 1. The average molecular weight is 264 g/mol. The number of phenolic OH excluding ortho intramolecular Hbond substituents is 1. The van der Waals surface area contributed by atoms with Gasteiger partial charge in [-0.2, -0.15) is 0 Å². The first-order valence-corrected chi connectivity index (χ1v) is 6.84. The molecule has 0 radical (unpaired) electrons. The van der Waals surface area contributed by atoms with E-state index in [1.807, 2.05) is 26.0 Å². The fraction of sp³-hybridized carbons (Fsp3) is 0.533. The zero-order valence-electron chi connectivity index (χ0n) is 11.7. The number of carbonyl (C=O) groups excluding carboxylic acids is 1. The molecule has 106 valence electrons. The van der Waals surface area contributed by atoms with E-state index in [1.165, 1.54) is 0 Å². The van der Waals surface area contributed by atoms with Gasteiger partial charge in [0.25, 0.3) is 0 Å². The molecule has 0 saturated heterocycles. The molecule has 4 nitrogen and oxygen atoms in total. The number of phenols is 1. The smallest absolute Gasteiger partial charge is 0.221 e. The summed E-state index contributed by atoms with van der Waals surface area (Å²) in [6.07, 6.45) is 2.95. The van der Waals surface area contributed by atoms with Gasteiger partial charge in [-0.3, -0.25) is 4.79 Å². The molecule has 0 saturated carbocycles. The molecule has 2 atom stereocenters. The third-order valence-corrected chi connectivity index (χ3v) is 3.18. The van der Waals surface area contributed by atoms with Gasteiger partial charge in [-0.25, -0.2) is 0 Å². The maximum absolute atomic E-state index is 11.7. The molecule has 4 N–H and O–H groups in total. The monoisotopic (exact) mass is 264 g/mol. The third-order valence-electron chi connectivity index (χ3n) is 3.18. The Balaban J connectivity index is 2.29. The summed E-state index contributed by atoms with van der Waals surface area (Å²) in [4.78, 5) is 11.7. The molecule has 4 heteroatoms. The molecule has 1 aromatic carbocycles. The van der Waals surface area contributed by atoms with E-state index >= 15 is 0 Å². The minimum atomic E-state index is -0.0516. The van der Waals surface area contributed by atoms with Crippen molar-refractivity contribution >= 4 is 5.91 Å². The van der Waals surface area contributed by atoms with E-state index in [9.17, 15) is 9.90 Å². The Morgan fingerprint density at radius 1 is 1.37 bits per heavy atom. The van der Waals surface area contributed by atoms with E-state index < -0.39 is 0 Å². The molecule has 1 rings (SSSR count). The number of rotatable bonds is 7. The van der Waals surface area contributed by atoms with E-state index in [0.29, 0.717) is 6.42 Å². The highest BCUT2D eigenvalue weighted by Crippen LogP contribution is 2.12. The van der Waals surface area contributed by atoms with Gasteiger partial charge in [-0.15, -0.1) is 0 Å². The topological polar surface area (TPSA) is 75.4 Å². The van der Waals surface area contributed by atoms with Gasteiger partial charge < -0.3 is 16.2 Å². The number of carbonyl (C=O) groups is 1. The Hall–Kier alpha value is -1.55. The van der Waals surface area contributed by atoms with Crippen molar-refractivity contribution in [2.45, 2.75) is 51.6 Å². The first-order chi connectivity index (χ1) is 9.01. The number of hydrogen-bond donors (Lipinski definition) is 3. The Kier molecular flexibility index (Phi) is 6.36. The lowest BCUT2D eigenvalue weighted by atomic mass is 10.1. The Labute approximate surface area is 115 Å². The van der Waals surface area contributed by atoms with E-state index in [1.54, 1.807) is 12.1 Å². The fourth-order valence-corrected chi connectivity index (χ4v) is 1.83. The summed E-state index contributed by atoms with van der Waals surface area (Å²) in [5.41, 5.74) is 6.90. The van der Waals surface area contributed by atoms with Crippen LogP contribution >= 0.6 is 0 Å². The van der Waals surface area contributed by atoms with Crippen LogP contribution in [0.3, 0.4) is 0 Å². The van der Waals surface area contributed by atoms with Gasteiger partial charge in [0.15, 0.2) is 0 Å². The van der Waals surface area contributed by atoms with Crippen molar-refractivity contribution in [2.24, 2.45) is 5.73 Å². The average Bonchev–Trinajstić information content (AvgIpc) is 2.37. The molecule has 0 bridgehead atoms. The minimum Gasteiger partial charge on any atom is -0.508 e. The predicted molar refractivity (Wildman–Crippen MR) is 76.9 cm³/mol. The number of hydrogen-bond acceptors (Lipinski definition) is 3. The Bertz CT molecular complexity index is 390. The second-order valence-corrected chi connectivity index (χ2v) is 5.05. The van der Waals surface area contributed by atoms with Crippen molar-refractivity contribution in [3.63, 3.8) is 0 Å². The maximum Gasteiger partial charge on any atom is 0.221 e. The largest absolute Gasteiger partial charge is 0.508 e. The van der Waals surface area contributed by atoms with E-state index in [4.69, 9.17) is 5.73 Å². The van der Waals surface area contributed by atoms with Crippen LogP contribution in [0.5, 0.6) is 5.75 Å². The van der Waals surface area contributed by atoms with Gasteiger partial charge in [0.1, 0.15) is 5.75 Å². The zero-order valence-corrected chi connectivity index (χ0v) is 11.7.